The van der Waals surface area contributed by atoms with Gasteiger partial charge in [0.25, 0.3) is 0 Å². The van der Waals surface area contributed by atoms with Gasteiger partial charge in [-0.15, -0.1) is 11.3 Å². The van der Waals surface area contributed by atoms with Crippen LogP contribution in [-0.4, -0.2) is 19.1 Å². The summed E-state index contributed by atoms with van der Waals surface area (Å²) >= 11 is 1.61. The number of nitrogens with zero attached hydrogens (tertiary/aromatic N) is 2. The molecule has 0 amide bonds. The zero-order chi connectivity index (χ0) is 13.8. The molecular formula is C14H19N3OS. The van der Waals surface area contributed by atoms with Crippen molar-refractivity contribution in [2.24, 2.45) is 5.73 Å². The van der Waals surface area contributed by atoms with Crippen molar-refractivity contribution in [2.75, 3.05) is 19.1 Å². The third kappa shape index (κ3) is 3.24. The average molecular weight is 277 g/mol. The topological polar surface area (TPSA) is 51.4 Å². The molecule has 0 fully saturated rings. The van der Waals surface area contributed by atoms with Crippen molar-refractivity contribution in [3.05, 3.63) is 40.3 Å². The lowest BCUT2D eigenvalue weighted by molar-refractivity contribution is 0.414. The maximum Gasteiger partial charge on any atom is 0.142 e. The Balaban J connectivity index is 2.13. The summed E-state index contributed by atoms with van der Waals surface area (Å²) in [6.45, 7) is 2.69. The molecule has 1 heterocycles. The van der Waals surface area contributed by atoms with Gasteiger partial charge in [0.05, 0.1) is 31.1 Å². The van der Waals surface area contributed by atoms with Gasteiger partial charge in [0.1, 0.15) is 10.8 Å². The predicted octanol–water partition coefficient (Wildman–Crippen LogP) is 2.81. The molecular weight excluding hydrogens is 258 g/mol. The summed E-state index contributed by atoms with van der Waals surface area (Å²) < 4.78 is 5.37. The number of rotatable bonds is 5. The number of para-hydroxylation sites is 2. The highest BCUT2D eigenvalue weighted by atomic mass is 32.1. The summed E-state index contributed by atoms with van der Waals surface area (Å²) in [6, 6.07) is 7.96. The van der Waals surface area contributed by atoms with Crippen molar-refractivity contribution >= 4 is 17.0 Å². The van der Waals surface area contributed by atoms with E-state index in [1.807, 2.05) is 38.2 Å². The van der Waals surface area contributed by atoms with Gasteiger partial charge in [0.2, 0.25) is 0 Å². The Labute approximate surface area is 117 Å². The lowest BCUT2D eigenvalue weighted by Crippen LogP contribution is -2.17. The molecule has 102 valence electrons. The molecule has 1 unspecified atom stereocenters. The molecule has 0 aliphatic rings. The van der Waals surface area contributed by atoms with Crippen molar-refractivity contribution in [3.8, 4) is 5.75 Å². The van der Waals surface area contributed by atoms with Crippen LogP contribution in [0.2, 0.25) is 0 Å². The molecule has 0 radical (unpaired) electrons. The first-order valence-corrected chi connectivity index (χ1v) is 7.04. The molecule has 5 heteroatoms. The third-order valence-electron chi connectivity index (χ3n) is 2.85. The summed E-state index contributed by atoms with van der Waals surface area (Å²) in [6.07, 6.45) is 0. The molecule has 1 aromatic heterocycles. The molecule has 0 bridgehead atoms. The highest BCUT2D eigenvalue weighted by molar-refractivity contribution is 7.09. The van der Waals surface area contributed by atoms with E-state index in [0.717, 1.165) is 28.7 Å². The van der Waals surface area contributed by atoms with Gasteiger partial charge in [0, 0.05) is 12.4 Å². The molecule has 19 heavy (non-hydrogen) atoms. The number of anilines is 1. The van der Waals surface area contributed by atoms with Crippen LogP contribution >= 0.6 is 11.3 Å². The average Bonchev–Trinajstić information content (AvgIpc) is 2.87. The monoisotopic (exact) mass is 277 g/mol. The minimum absolute atomic E-state index is 0.00434. The fourth-order valence-corrected chi connectivity index (χ4v) is 2.65. The second kappa shape index (κ2) is 6.04. The first-order chi connectivity index (χ1) is 9.11. The molecule has 4 nitrogen and oxygen atoms in total. The molecule has 1 atom stereocenters. The van der Waals surface area contributed by atoms with Gasteiger partial charge < -0.3 is 15.4 Å². The van der Waals surface area contributed by atoms with Crippen LogP contribution in [0.25, 0.3) is 0 Å². The number of benzene rings is 1. The second-order valence-electron chi connectivity index (χ2n) is 4.49. The smallest absolute Gasteiger partial charge is 0.142 e. The molecule has 1 aromatic carbocycles. The predicted molar refractivity (Wildman–Crippen MR) is 79.8 cm³/mol. The number of nitrogens with two attached hydrogens (primary N) is 1. The Kier molecular flexibility index (Phi) is 4.39. The molecule has 0 saturated carbocycles. The fraction of sp³-hybridized carbons (Fsp3) is 0.357. The van der Waals surface area contributed by atoms with E-state index in [2.05, 4.69) is 15.3 Å². The summed E-state index contributed by atoms with van der Waals surface area (Å²) in [4.78, 5) is 6.67. The summed E-state index contributed by atoms with van der Waals surface area (Å²) in [5, 5.41) is 3.04. The van der Waals surface area contributed by atoms with Crippen molar-refractivity contribution in [3.63, 3.8) is 0 Å². The van der Waals surface area contributed by atoms with Crippen molar-refractivity contribution in [1.82, 2.24) is 4.98 Å². The highest BCUT2D eigenvalue weighted by Gasteiger charge is 2.11. The third-order valence-corrected chi connectivity index (χ3v) is 3.95. The number of aromatic nitrogens is 1. The highest BCUT2D eigenvalue weighted by Crippen LogP contribution is 2.28. The molecule has 0 aliphatic heterocycles. The van der Waals surface area contributed by atoms with Gasteiger partial charge in [-0.25, -0.2) is 4.98 Å². The largest absolute Gasteiger partial charge is 0.495 e. The van der Waals surface area contributed by atoms with Crippen LogP contribution in [-0.2, 0) is 6.54 Å². The van der Waals surface area contributed by atoms with Gasteiger partial charge >= 0.3 is 0 Å². The van der Waals surface area contributed by atoms with Crippen LogP contribution in [0.4, 0.5) is 5.69 Å². The van der Waals surface area contributed by atoms with Crippen LogP contribution in [0.3, 0.4) is 0 Å². The molecule has 0 aliphatic carbocycles. The molecule has 0 saturated heterocycles. The van der Waals surface area contributed by atoms with E-state index >= 15 is 0 Å². The minimum Gasteiger partial charge on any atom is -0.495 e. The lowest BCUT2D eigenvalue weighted by Gasteiger charge is -2.20. The molecule has 0 spiro atoms. The number of ether oxygens (including phenoxy) is 1. The van der Waals surface area contributed by atoms with Gasteiger partial charge in [-0.3, -0.25) is 0 Å². The van der Waals surface area contributed by atoms with E-state index in [-0.39, 0.29) is 6.04 Å². The SMILES string of the molecule is COc1ccccc1N(C)Cc1csc(C(C)N)n1. The first kappa shape index (κ1) is 13.8. The standard InChI is InChI=1S/C14H19N3OS/c1-10(15)14-16-11(9-19-14)8-17(2)12-6-4-5-7-13(12)18-3/h4-7,9-10H,8,15H2,1-3H3. The Morgan fingerprint density at radius 2 is 2.16 bits per heavy atom. The maximum atomic E-state index is 5.83. The van der Waals surface area contributed by atoms with Crippen molar-refractivity contribution in [1.29, 1.82) is 0 Å². The second-order valence-corrected chi connectivity index (χ2v) is 5.38. The zero-order valence-corrected chi connectivity index (χ0v) is 12.3. The van der Waals surface area contributed by atoms with Crippen LogP contribution in [0, 0.1) is 0 Å². The number of methoxy groups -OCH3 is 1. The van der Waals surface area contributed by atoms with Crippen molar-refractivity contribution < 1.29 is 4.74 Å². The van der Waals surface area contributed by atoms with Gasteiger partial charge in [0.15, 0.2) is 0 Å². The van der Waals surface area contributed by atoms with E-state index in [4.69, 9.17) is 10.5 Å². The Bertz CT molecular complexity index is 539. The van der Waals surface area contributed by atoms with Crippen LogP contribution in [0.15, 0.2) is 29.6 Å². The summed E-state index contributed by atoms with van der Waals surface area (Å²) in [5.41, 5.74) is 7.92. The minimum atomic E-state index is -0.00434. The Morgan fingerprint density at radius 3 is 2.79 bits per heavy atom. The van der Waals surface area contributed by atoms with Gasteiger partial charge in [-0.2, -0.15) is 0 Å². The van der Waals surface area contributed by atoms with Gasteiger partial charge in [-0.05, 0) is 19.1 Å². The molecule has 2 aromatic rings. The summed E-state index contributed by atoms with van der Waals surface area (Å²) in [7, 11) is 3.71. The van der Waals surface area contributed by atoms with Gasteiger partial charge in [-0.1, -0.05) is 12.1 Å². The normalized spacial score (nSPS) is 12.2. The van der Waals surface area contributed by atoms with Crippen LogP contribution in [0.1, 0.15) is 23.7 Å². The number of hydrogen-bond acceptors (Lipinski definition) is 5. The fourth-order valence-electron chi connectivity index (χ4n) is 1.88. The quantitative estimate of drug-likeness (QED) is 0.913. The molecule has 2 N–H and O–H groups in total. The van der Waals surface area contributed by atoms with E-state index in [0.29, 0.717) is 0 Å². The molecule has 2 rings (SSSR count). The van der Waals surface area contributed by atoms with Crippen LogP contribution in [0.5, 0.6) is 5.75 Å². The van der Waals surface area contributed by atoms with Crippen molar-refractivity contribution in [2.45, 2.75) is 19.5 Å². The number of hydrogen-bond donors (Lipinski definition) is 1. The van der Waals surface area contributed by atoms with E-state index in [1.54, 1.807) is 18.4 Å². The van der Waals surface area contributed by atoms with Crippen LogP contribution < -0.4 is 15.4 Å². The maximum absolute atomic E-state index is 5.83. The lowest BCUT2D eigenvalue weighted by atomic mass is 10.2. The van der Waals surface area contributed by atoms with E-state index in [1.165, 1.54) is 0 Å². The van der Waals surface area contributed by atoms with E-state index < -0.39 is 0 Å². The Hall–Kier alpha value is -1.59. The Morgan fingerprint density at radius 1 is 1.42 bits per heavy atom. The first-order valence-electron chi connectivity index (χ1n) is 6.16. The summed E-state index contributed by atoms with van der Waals surface area (Å²) in [5.74, 6) is 0.868. The van der Waals surface area contributed by atoms with E-state index in [9.17, 15) is 0 Å². The zero-order valence-electron chi connectivity index (χ0n) is 11.5. The number of thiazole rings is 1.